The lowest BCUT2D eigenvalue weighted by atomic mass is 9.78. The molecule has 0 amide bonds. The van der Waals surface area contributed by atoms with Gasteiger partial charge in [-0.2, -0.15) is 0 Å². The van der Waals surface area contributed by atoms with Crippen molar-refractivity contribution in [2.45, 2.75) is 58.3 Å². The zero-order valence-corrected chi connectivity index (χ0v) is 17.6. The predicted molar refractivity (Wildman–Crippen MR) is 117 cm³/mol. The fraction of sp³-hybridized carbons (Fsp3) is 0.440. The first-order chi connectivity index (χ1) is 14.2. The van der Waals surface area contributed by atoms with Crippen LogP contribution in [0.4, 0.5) is 0 Å². The number of hydrogen-bond acceptors (Lipinski definition) is 3. The van der Waals surface area contributed by atoms with E-state index >= 15 is 0 Å². The minimum Gasteiger partial charge on any atom is -0.469 e. The molecule has 1 aromatic carbocycles. The summed E-state index contributed by atoms with van der Waals surface area (Å²) in [5, 5.41) is 1.27. The topological polar surface area (TPSA) is 55.0 Å². The molecular formula is C25H30N2O2. The van der Waals surface area contributed by atoms with Gasteiger partial charge in [0.2, 0.25) is 0 Å². The smallest absolute Gasteiger partial charge is 0.308 e. The van der Waals surface area contributed by atoms with Crippen LogP contribution >= 0.6 is 0 Å². The van der Waals surface area contributed by atoms with Crippen molar-refractivity contribution < 1.29 is 9.53 Å². The van der Waals surface area contributed by atoms with E-state index in [9.17, 15) is 4.79 Å². The van der Waals surface area contributed by atoms with Gasteiger partial charge in [0.15, 0.2) is 0 Å². The van der Waals surface area contributed by atoms with Crippen molar-refractivity contribution in [1.82, 2.24) is 9.97 Å². The lowest BCUT2D eigenvalue weighted by Crippen LogP contribution is -2.22. The van der Waals surface area contributed by atoms with Crippen molar-refractivity contribution in [3.63, 3.8) is 0 Å². The molecule has 4 heteroatoms. The Kier molecular flexibility index (Phi) is 5.70. The van der Waals surface area contributed by atoms with Crippen LogP contribution in [0.1, 0.15) is 62.1 Å². The van der Waals surface area contributed by atoms with Gasteiger partial charge < -0.3 is 9.72 Å². The first-order valence-corrected chi connectivity index (χ1v) is 10.8. The molecule has 29 heavy (non-hydrogen) atoms. The number of ether oxygens (including phenoxy) is 1. The molecule has 152 valence electrons. The quantitative estimate of drug-likeness (QED) is 0.560. The first-order valence-electron chi connectivity index (χ1n) is 10.8. The summed E-state index contributed by atoms with van der Waals surface area (Å²) >= 11 is 0. The second kappa shape index (κ2) is 8.40. The van der Waals surface area contributed by atoms with E-state index in [-0.39, 0.29) is 11.9 Å². The van der Waals surface area contributed by atoms with Gasteiger partial charge in [-0.25, -0.2) is 0 Å². The Labute approximate surface area is 172 Å². The normalized spacial score (nSPS) is 19.4. The number of methoxy groups -OCH3 is 1. The summed E-state index contributed by atoms with van der Waals surface area (Å²) in [5.41, 5.74) is 7.51. The van der Waals surface area contributed by atoms with Gasteiger partial charge in [0.05, 0.1) is 30.4 Å². The number of fused-ring (bicyclic) bond motifs is 1. The number of nitrogens with zero attached hydrogens (tertiary/aromatic N) is 1. The van der Waals surface area contributed by atoms with Crippen LogP contribution in [0.25, 0.3) is 22.2 Å². The zero-order valence-electron chi connectivity index (χ0n) is 17.6. The highest BCUT2D eigenvalue weighted by Crippen LogP contribution is 2.40. The number of benzene rings is 1. The lowest BCUT2D eigenvalue weighted by molar-refractivity contribution is -0.146. The largest absolute Gasteiger partial charge is 0.469 e. The van der Waals surface area contributed by atoms with E-state index in [2.05, 4.69) is 49.3 Å². The molecule has 0 spiro atoms. The second-order valence-electron chi connectivity index (χ2n) is 8.09. The summed E-state index contributed by atoms with van der Waals surface area (Å²) in [6.07, 6.45) is 9.97. The van der Waals surface area contributed by atoms with Crippen LogP contribution in [0.5, 0.6) is 0 Å². The second-order valence-corrected chi connectivity index (χ2v) is 8.09. The Balaban J connectivity index is 1.69. The fourth-order valence-corrected chi connectivity index (χ4v) is 4.90. The van der Waals surface area contributed by atoms with Crippen LogP contribution in [0.15, 0.2) is 36.7 Å². The molecule has 1 saturated carbocycles. The summed E-state index contributed by atoms with van der Waals surface area (Å²) < 4.78 is 4.94. The molecule has 0 saturated heterocycles. The van der Waals surface area contributed by atoms with Crippen molar-refractivity contribution in [2.75, 3.05) is 7.11 Å². The van der Waals surface area contributed by atoms with E-state index in [0.717, 1.165) is 49.7 Å². The highest BCUT2D eigenvalue weighted by Gasteiger charge is 2.29. The van der Waals surface area contributed by atoms with Crippen LogP contribution in [0.2, 0.25) is 0 Å². The average molecular weight is 391 g/mol. The number of pyridine rings is 1. The van der Waals surface area contributed by atoms with E-state index < -0.39 is 0 Å². The highest BCUT2D eigenvalue weighted by atomic mass is 16.5. The van der Waals surface area contributed by atoms with Crippen LogP contribution < -0.4 is 0 Å². The molecule has 4 nitrogen and oxygen atoms in total. The van der Waals surface area contributed by atoms with Gasteiger partial charge in [-0.1, -0.05) is 32.0 Å². The summed E-state index contributed by atoms with van der Waals surface area (Å²) in [6, 6.07) is 8.85. The summed E-state index contributed by atoms with van der Waals surface area (Å²) in [6.45, 7) is 4.41. The molecule has 1 aliphatic carbocycles. The molecular weight excluding hydrogens is 360 g/mol. The Morgan fingerprint density at radius 1 is 1.14 bits per heavy atom. The van der Waals surface area contributed by atoms with Crippen molar-refractivity contribution in [2.24, 2.45) is 5.92 Å². The van der Waals surface area contributed by atoms with Crippen LogP contribution in [0, 0.1) is 5.92 Å². The molecule has 0 atom stereocenters. The molecule has 2 aromatic heterocycles. The number of H-pyrrole nitrogens is 1. The molecule has 1 N–H and O–H groups in total. The minimum absolute atomic E-state index is 0.0576. The third-order valence-electron chi connectivity index (χ3n) is 6.55. The molecule has 1 fully saturated rings. The van der Waals surface area contributed by atoms with Crippen molar-refractivity contribution in [3.05, 3.63) is 53.3 Å². The Morgan fingerprint density at radius 2 is 1.83 bits per heavy atom. The van der Waals surface area contributed by atoms with E-state index in [1.165, 1.54) is 34.7 Å². The molecule has 0 unspecified atom stereocenters. The van der Waals surface area contributed by atoms with E-state index in [4.69, 9.17) is 9.72 Å². The lowest BCUT2D eigenvalue weighted by Gasteiger charge is -2.26. The van der Waals surface area contributed by atoms with Gasteiger partial charge in [0, 0.05) is 17.1 Å². The van der Waals surface area contributed by atoms with Gasteiger partial charge in [-0.3, -0.25) is 9.78 Å². The number of esters is 1. The number of hydrogen-bond donors (Lipinski definition) is 1. The third-order valence-corrected chi connectivity index (χ3v) is 6.55. The predicted octanol–water partition coefficient (Wildman–Crippen LogP) is 5.80. The molecule has 0 bridgehead atoms. The molecule has 2 heterocycles. The van der Waals surface area contributed by atoms with Crippen LogP contribution in [0.3, 0.4) is 0 Å². The number of aryl methyl sites for hydroxylation is 2. The third kappa shape index (κ3) is 3.68. The maximum absolute atomic E-state index is 11.9. The summed E-state index contributed by atoms with van der Waals surface area (Å²) in [4.78, 5) is 20.1. The van der Waals surface area contributed by atoms with Gasteiger partial charge in [-0.15, -0.1) is 0 Å². The van der Waals surface area contributed by atoms with Gasteiger partial charge in [-0.05, 0) is 67.2 Å². The standard InChI is InChI=1S/C25H30N2O2/c1-4-16-7-6-8-17(5-2)24(16)22-13-20-21(14-26-23(20)15-27-22)18-9-11-19(12-10-18)25(28)29-3/h6-8,13-15,18-19,26H,4-5,9-12H2,1-3H3. The van der Waals surface area contributed by atoms with E-state index in [0.29, 0.717) is 5.92 Å². The Morgan fingerprint density at radius 3 is 2.45 bits per heavy atom. The van der Waals surface area contributed by atoms with Gasteiger partial charge >= 0.3 is 5.97 Å². The maximum Gasteiger partial charge on any atom is 0.308 e. The highest BCUT2D eigenvalue weighted by molar-refractivity contribution is 5.87. The maximum atomic E-state index is 11.9. The molecule has 0 radical (unpaired) electrons. The SMILES string of the molecule is CCc1cccc(CC)c1-c1cc2c(C3CCC(C(=O)OC)CC3)c[nH]c2cn1. The van der Waals surface area contributed by atoms with E-state index in [1.807, 2.05) is 6.20 Å². The number of carbonyl (C=O) groups excluding carboxylic acids is 1. The first kappa shape index (κ1) is 19.7. The number of carbonyl (C=O) groups is 1. The molecule has 0 aliphatic heterocycles. The van der Waals surface area contributed by atoms with Gasteiger partial charge in [0.25, 0.3) is 0 Å². The average Bonchev–Trinajstić information content (AvgIpc) is 3.21. The van der Waals surface area contributed by atoms with Crippen LogP contribution in [-0.2, 0) is 22.4 Å². The molecule has 1 aliphatic rings. The minimum atomic E-state index is -0.0582. The molecule has 4 rings (SSSR count). The monoisotopic (exact) mass is 390 g/mol. The Hall–Kier alpha value is -2.62. The number of aromatic amines is 1. The number of rotatable bonds is 5. The summed E-state index contributed by atoms with van der Waals surface area (Å²) in [7, 11) is 1.49. The van der Waals surface area contributed by atoms with Gasteiger partial charge in [0.1, 0.15) is 0 Å². The van der Waals surface area contributed by atoms with Crippen molar-refractivity contribution in [3.8, 4) is 11.3 Å². The van der Waals surface area contributed by atoms with Crippen molar-refractivity contribution in [1.29, 1.82) is 0 Å². The number of aromatic nitrogens is 2. The molecule has 3 aromatic rings. The number of nitrogens with one attached hydrogen (secondary N) is 1. The van der Waals surface area contributed by atoms with E-state index in [1.54, 1.807) is 0 Å². The summed E-state index contributed by atoms with van der Waals surface area (Å²) in [5.74, 6) is 0.478. The Bertz CT molecular complexity index is 991. The zero-order chi connectivity index (χ0) is 20.4. The fourth-order valence-electron chi connectivity index (χ4n) is 4.90. The van der Waals surface area contributed by atoms with Crippen LogP contribution in [-0.4, -0.2) is 23.0 Å². The van der Waals surface area contributed by atoms with Crippen molar-refractivity contribution >= 4 is 16.9 Å².